The number of anilines is 2. The van der Waals surface area contributed by atoms with E-state index >= 15 is 0 Å². The van der Waals surface area contributed by atoms with Gasteiger partial charge in [0.15, 0.2) is 6.61 Å². The lowest BCUT2D eigenvalue weighted by Gasteiger charge is -2.30. The number of hydrogen-bond donors (Lipinski definition) is 3. The van der Waals surface area contributed by atoms with Crippen molar-refractivity contribution in [3.63, 3.8) is 0 Å². The minimum absolute atomic E-state index is 0.0671. The van der Waals surface area contributed by atoms with Crippen molar-refractivity contribution >= 4 is 23.2 Å². The quantitative estimate of drug-likeness (QED) is 0.425. The maximum Gasteiger partial charge on any atom is 0.262 e. The number of carbonyl (C=O) groups excluding carboxylic acids is 2. The van der Waals surface area contributed by atoms with Crippen molar-refractivity contribution in [3.05, 3.63) is 53.6 Å². The molecule has 0 heterocycles. The van der Waals surface area contributed by atoms with Crippen molar-refractivity contribution < 1.29 is 14.3 Å². The predicted octanol–water partition coefficient (Wildman–Crippen LogP) is 5.54. The van der Waals surface area contributed by atoms with Crippen LogP contribution in [0.25, 0.3) is 0 Å². The number of hydrogen-bond acceptors (Lipinski definition) is 4. The molecule has 0 aliphatic rings. The van der Waals surface area contributed by atoms with E-state index in [9.17, 15) is 9.59 Å². The van der Waals surface area contributed by atoms with Crippen LogP contribution in [0.1, 0.15) is 72.4 Å². The molecular weight excluding hydrogens is 402 g/mol. The second kappa shape index (κ2) is 10.5. The fraction of sp³-hybridized carbons (Fsp3) is 0.462. The molecule has 0 aromatic heterocycles. The van der Waals surface area contributed by atoms with E-state index in [0.29, 0.717) is 5.69 Å². The lowest BCUT2D eigenvalue weighted by Crippen LogP contribution is -2.26. The summed E-state index contributed by atoms with van der Waals surface area (Å²) < 4.78 is 5.98. The molecule has 0 unspecified atom stereocenters. The number of ether oxygens (including phenoxy) is 1. The van der Waals surface area contributed by atoms with E-state index in [0.717, 1.165) is 29.8 Å². The average Bonchev–Trinajstić information content (AvgIpc) is 2.77. The van der Waals surface area contributed by atoms with E-state index in [1.54, 1.807) is 24.3 Å². The van der Waals surface area contributed by atoms with E-state index in [4.69, 9.17) is 4.74 Å². The van der Waals surface area contributed by atoms with Crippen molar-refractivity contribution in [2.24, 2.45) is 0 Å². The predicted molar refractivity (Wildman–Crippen MR) is 131 cm³/mol. The average molecular weight is 440 g/mol. The van der Waals surface area contributed by atoms with Crippen molar-refractivity contribution in [2.75, 3.05) is 17.3 Å². The van der Waals surface area contributed by atoms with Gasteiger partial charge >= 0.3 is 0 Å². The third-order valence-electron chi connectivity index (χ3n) is 6.17. The maximum absolute atomic E-state index is 12.5. The summed E-state index contributed by atoms with van der Waals surface area (Å²) in [6.45, 7) is 14.6. The fourth-order valence-electron chi connectivity index (χ4n) is 3.14. The van der Waals surface area contributed by atoms with Gasteiger partial charge in [0.05, 0.1) is 5.69 Å². The smallest absolute Gasteiger partial charge is 0.262 e. The zero-order valence-electron chi connectivity index (χ0n) is 20.4. The lowest BCUT2D eigenvalue weighted by atomic mass is 9.76. The van der Waals surface area contributed by atoms with Crippen LogP contribution in [-0.2, 0) is 20.4 Å². The molecule has 2 rings (SSSR count). The Kier molecular flexibility index (Phi) is 8.31. The Hall–Kier alpha value is -3.02. The van der Waals surface area contributed by atoms with Crippen LogP contribution in [0.4, 0.5) is 11.4 Å². The highest BCUT2D eigenvalue weighted by molar-refractivity contribution is 5.92. The number of carbonyl (C=O) groups is 2. The topological polar surface area (TPSA) is 79.5 Å². The lowest BCUT2D eigenvalue weighted by molar-refractivity contribution is -0.119. The summed E-state index contributed by atoms with van der Waals surface area (Å²) >= 11 is 0. The number of rotatable bonds is 10. The van der Waals surface area contributed by atoms with Gasteiger partial charge in [0.25, 0.3) is 5.91 Å². The minimum Gasteiger partial charge on any atom is -0.483 e. The van der Waals surface area contributed by atoms with Gasteiger partial charge in [-0.2, -0.15) is 0 Å². The van der Waals surface area contributed by atoms with E-state index in [2.05, 4.69) is 69.8 Å². The Labute approximate surface area is 192 Å². The molecule has 0 aliphatic carbocycles. The van der Waals surface area contributed by atoms with Crippen LogP contribution < -0.4 is 20.9 Å². The number of amides is 2. The van der Waals surface area contributed by atoms with Gasteiger partial charge in [-0.05, 0) is 59.6 Å². The van der Waals surface area contributed by atoms with Gasteiger partial charge < -0.3 is 10.1 Å². The zero-order valence-corrected chi connectivity index (χ0v) is 20.4. The molecule has 0 saturated heterocycles. The molecule has 6 heteroatoms. The molecule has 0 fully saturated rings. The van der Waals surface area contributed by atoms with Crippen LogP contribution in [0.3, 0.4) is 0 Å². The van der Waals surface area contributed by atoms with Crippen LogP contribution in [0.2, 0.25) is 0 Å². The van der Waals surface area contributed by atoms with Gasteiger partial charge in [-0.3, -0.25) is 20.4 Å². The molecule has 32 heavy (non-hydrogen) atoms. The summed E-state index contributed by atoms with van der Waals surface area (Å²) in [5, 5.41) is 2.84. The van der Waals surface area contributed by atoms with Gasteiger partial charge in [0.2, 0.25) is 5.91 Å². The first-order valence-corrected chi connectivity index (χ1v) is 11.2. The molecule has 0 aliphatic heterocycles. The Morgan fingerprint density at radius 1 is 0.875 bits per heavy atom. The summed E-state index contributed by atoms with van der Waals surface area (Å²) in [7, 11) is 0. The standard InChI is InChI=1S/C26H37N3O3/c1-8-25(4,5)19-10-15-23(22(16-19)26(6,7)9-2)32-17-24(31)27-20-11-13-21(14-12-20)29-28-18(3)30/h10-16,29H,8-9,17H2,1-7H3,(H,27,31)(H,28,30). The van der Waals surface area contributed by atoms with Crippen LogP contribution in [0, 0.1) is 0 Å². The monoisotopic (exact) mass is 439 g/mol. The number of nitrogens with one attached hydrogen (secondary N) is 3. The molecule has 174 valence electrons. The molecular formula is C26H37N3O3. The Balaban J connectivity index is 2.09. The minimum atomic E-state index is -0.231. The second-order valence-electron chi connectivity index (χ2n) is 9.41. The SMILES string of the molecule is CCC(C)(C)c1ccc(OCC(=O)Nc2ccc(NNC(C)=O)cc2)c(C(C)(C)CC)c1. The van der Waals surface area contributed by atoms with Crippen LogP contribution in [0.15, 0.2) is 42.5 Å². The van der Waals surface area contributed by atoms with Crippen LogP contribution >= 0.6 is 0 Å². The van der Waals surface area contributed by atoms with Crippen molar-refractivity contribution in [1.82, 2.24) is 5.43 Å². The highest BCUT2D eigenvalue weighted by atomic mass is 16.5. The molecule has 2 aromatic rings. The Morgan fingerprint density at radius 2 is 1.47 bits per heavy atom. The number of hydrazine groups is 1. The molecule has 2 amide bonds. The Morgan fingerprint density at radius 3 is 2.03 bits per heavy atom. The first kappa shape index (κ1) is 25.2. The summed E-state index contributed by atoms with van der Waals surface area (Å²) in [6.07, 6.45) is 2.01. The first-order valence-electron chi connectivity index (χ1n) is 11.2. The summed E-state index contributed by atoms with van der Waals surface area (Å²) in [6, 6.07) is 13.4. The molecule has 2 aromatic carbocycles. The third kappa shape index (κ3) is 6.74. The molecule has 0 spiro atoms. The molecule has 0 bridgehead atoms. The van der Waals surface area contributed by atoms with Crippen molar-refractivity contribution in [1.29, 1.82) is 0 Å². The summed E-state index contributed by atoms with van der Waals surface area (Å²) in [5.74, 6) is 0.333. The normalized spacial score (nSPS) is 11.6. The molecule has 0 radical (unpaired) electrons. The fourth-order valence-corrected chi connectivity index (χ4v) is 3.14. The van der Waals surface area contributed by atoms with E-state index in [1.165, 1.54) is 12.5 Å². The van der Waals surface area contributed by atoms with E-state index < -0.39 is 0 Å². The second-order valence-corrected chi connectivity index (χ2v) is 9.41. The summed E-state index contributed by atoms with van der Waals surface area (Å²) in [5.41, 5.74) is 9.07. The van der Waals surface area contributed by atoms with Gasteiger partial charge in [-0.25, -0.2) is 0 Å². The third-order valence-corrected chi connectivity index (χ3v) is 6.17. The van der Waals surface area contributed by atoms with Gasteiger partial charge in [-0.15, -0.1) is 0 Å². The highest BCUT2D eigenvalue weighted by Crippen LogP contribution is 2.38. The van der Waals surface area contributed by atoms with Crippen molar-refractivity contribution in [3.8, 4) is 5.75 Å². The molecule has 0 saturated carbocycles. The maximum atomic E-state index is 12.5. The van der Waals surface area contributed by atoms with Crippen LogP contribution in [-0.4, -0.2) is 18.4 Å². The summed E-state index contributed by atoms with van der Waals surface area (Å²) in [4.78, 5) is 23.4. The number of benzene rings is 2. The van der Waals surface area contributed by atoms with Crippen molar-refractivity contribution in [2.45, 2.75) is 72.1 Å². The van der Waals surface area contributed by atoms with Gasteiger partial charge in [-0.1, -0.05) is 53.7 Å². The molecule has 0 atom stereocenters. The zero-order chi connectivity index (χ0) is 23.9. The van der Waals surface area contributed by atoms with Gasteiger partial charge in [0, 0.05) is 18.2 Å². The Bertz CT molecular complexity index is 934. The largest absolute Gasteiger partial charge is 0.483 e. The first-order chi connectivity index (χ1) is 15.0. The highest BCUT2D eigenvalue weighted by Gasteiger charge is 2.26. The molecule has 6 nitrogen and oxygen atoms in total. The van der Waals surface area contributed by atoms with Crippen LogP contribution in [0.5, 0.6) is 5.75 Å². The van der Waals surface area contributed by atoms with E-state index in [-0.39, 0.29) is 29.3 Å². The molecule has 3 N–H and O–H groups in total. The van der Waals surface area contributed by atoms with Gasteiger partial charge in [0.1, 0.15) is 5.75 Å². The van der Waals surface area contributed by atoms with E-state index in [1.807, 2.05) is 6.07 Å².